The van der Waals surface area contributed by atoms with Gasteiger partial charge in [0.05, 0.1) is 27.0 Å². The summed E-state index contributed by atoms with van der Waals surface area (Å²) in [6.07, 6.45) is 1.34. The third kappa shape index (κ3) is 7.41. The first-order valence-electron chi connectivity index (χ1n) is 11.6. The maximum atomic E-state index is 12.3. The van der Waals surface area contributed by atoms with E-state index in [9.17, 15) is 18.0 Å². The summed E-state index contributed by atoms with van der Waals surface area (Å²) in [7, 11) is -3.42. The Kier molecular flexibility index (Phi) is 8.42. The Labute approximate surface area is 210 Å². The molecule has 1 fully saturated rings. The van der Waals surface area contributed by atoms with Crippen molar-refractivity contribution in [2.24, 2.45) is 0 Å². The number of carbonyl (C=O) groups is 2. The first kappa shape index (κ1) is 26.9. The van der Waals surface area contributed by atoms with Gasteiger partial charge in [-0.05, 0) is 51.8 Å². The molecule has 192 valence electrons. The quantitative estimate of drug-likeness (QED) is 0.564. The van der Waals surface area contributed by atoms with E-state index in [1.807, 2.05) is 26.2 Å². The van der Waals surface area contributed by atoms with Crippen LogP contribution < -0.4 is 10.1 Å². The van der Waals surface area contributed by atoms with Gasteiger partial charge in [-0.1, -0.05) is 6.92 Å². The number of hydrogen-bond acceptors (Lipinski definition) is 8. The number of amides is 2. The number of anilines is 1. The van der Waals surface area contributed by atoms with Crippen LogP contribution in [0.3, 0.4) is 0 Å². The van der Waals surface area contributed by atoms with E-state index in [4.69, 9.17) is 14.5 Å². The van der Waals surface area contributed by atoms with Gasteiger partial charge in [0.2, 0.25) is 5.91 Å². The summed E-state index contributed by atoms with van der Waals surface area (Å²) in [6.45, 7) is 9.92. The molecule has 0 saturated carbocycles. The Morgan fingerprint density at radius 3 is 2.51 bits per heavy atom. The molecule has 3 rings (SSSR count). The number of thiazole rings is 1. The van der Waals surface area contributed by atoms with Crippen molar-refractivity contribution in [3.05, 3.63) is 34.3 Å². The number of nitrogens with zero attached hydrogens (tertiary/aromatic N) is 2. The largest absolute Gasteiger partial charge is 0.485 e. The highest BCUT2D eigenvalue weighted by Crippen LogP contribution is 2.32. The fraction of sp³-hybridized carbons (Fsp3) is 0.542. The number of rotatable bonds is 7. The Morgan fingerprint density at radius 1 is 1.23 bits per heavy atom. The molecule has 35 heavy (non-hydrogen) atoms. The molecule has 1 aromatic carbocycles. The van der Waals surface area contributed by atoms with Crippen LogP contribution in [0.2, 0.25) is 0 Å². The lowest BCUT2D eigenvalue weighted by atomic mass is 9.98. The molecule has 0 radical (unpaired) electrons. The van der Waals surface area contributed by atoms with Crippen molar-refractivity contribution in [1.29, 1.82) is 0 Å². The van der Waals surface area contributed by atoms with Crippen molar-refractivity contribution in [1.82, 2.24) is 9.88 Å². The van der Waals surface area contributed by atoms with Crippen LogP contribution in [-0.4, -0.2) is 54.7 Å². The summed E-state index contributed by atoms with van der Waals surface area (Å²) < 4.78 is 35.8. The average Bonchev–Trinajstić information content (AvgIpc) is 3.26. The zero-order valence-electron chi connectivity index (χ0n) is 20.8. The minimum atomic E-state index is -3.42. The highest BCUT2D eigenvalue weighted by atomic mass is 32.2. The first-order valence-corrected chi connectivity index (χ1v) is 14.1. The fourth-order valence-electron chi connectivity index (χ4n) is 3.65. The van der Waals surface area contributed by atoms with Gasteiger partial charge in [-0.2, -0.15) is 0 Å². The van der Waals surface area contributed by atoms with Gasteiger partial charge in [-0.15, -0.1) is 11.3 Å². The second-order valence-corrected chi connectivity index (χ2v) is 12.6. The highest BCUT2D eigenvalue weighted by molar-refractivity contribution is 7.91. The lowest BCUT2D eigenvalue weighted by molar-refractivity contribution is -0.114. The third-order valence-corrected chi connectivity index (χ3v) is 8.23. The second kappa shape index (κ2) is 10.9. The topological polar surface area (TPSA) is 115 Å². The highest BCUT2D eigenvalue weighted by Gasteiger charge is 2.28. The maximum Gasteiger partial charge on any atom is 0.410 e. The van der Waals surface area contributed by atoms with Crippen molar-refractivity contribution in [3.8, 4) is 5.75 Å². The summed E-state index contributed by atoms with van der Waals surface area (Å²) in [5.41, 5.74) is 0.540. The monoisotopic (exact) mass is 523 g/mol. The van der Waals surface area contributed by atoms with Gasteiger partial charge in [0, 0.05) is 31.3 Å². The number of carbonyl (C=O) groups excluding carboxylic acids is 2. The molecule has 11 heteroatoms. The van der Waals surface area contributed by atoms with Gasteiger partial charge < -0.3 is 19.7 Å². The predicted octanol–water partition coefficient (Wildman–Crippen LogP) is 4.59. The number of ether oxygens (including phenoxy) is 2. The van der Waals surface area contributed by atoms with Crippen LogP contribution in [0, 0.1) is 0 Å². The number of sulfone groups is 1. The molecule has 2 aromatic rings. The van der Waals surface area contributed by atoms with E-state index in [0.29, 0.717) is 24.5 Å². The van der Waals surface area contributed by atoms with Crippen LogP contribution in [0.1, 0.15) is 64.1 Å². The van der Waals surface area contributed by atoms with Crippen LogP contribution in [-0.2, 0) is 26.0 Å². The third-order valence-electron chi connectivity index (χ3n) is 5.44. The molecule has 1 saturated heterocycles. The molecule has 1 N–H and O–H groups in total. The summed E-state index contributed by atoms with van der Waals surface area (Å²) in [5.74, 6) is 0.274. The molecule has 0 bridgehead atoms. The molecule has 1 aromatic heterocycles. The van der Waals surface area contributed by atoms with Crippen LogP contribution >= 0.6 is 11.3 Å². The maximum absolute atomic E-state index is 12.3. The van der Waals surface area contributed by atoms with E-state index in [-0.39, 0.29) is 35.2 Å². The zero-order valence-corrected chi connectivity index (χ0v) is 22.4. The van der Waals surface area contributed by atoms with Crippen LogP contribution in [0.15, 0.2) is 28.5 Å². The normalized spacial score (nSPS) is 15.1. The number of nitrogens with one attached hydrogen (secondary N) is 1. The molecule has 1 aliphatic heterocycles. The van der Waals surface area contributed by atoms with Gasteiger partial charge in [0.25, 0.3) is 0 Å². The van der Waals surface area contributed by atoms with Crippen molar-refractivity contribution in [2.75, 3.05) is 24.2 Å². The molecule has 9 nitrogen and oxygen atoms in total. The Hall–Kier alpha value is -2.66. The van der Waals surface area contributed by atoms with E-state index in [1.54, 1.807) is 29.2 Å². The number of benzene rings is 1. The smallest absolute Gasteiger partial charge is 0.410 e. The average molecular weight is 524 g/mol. The van der Waals surface area contributed by atoms with Crippen molar-refractivity contribution >= 4 is 38.9 Å². The Bertz CT molecular complexity index is 1160. The second-order valence-electron chi connectivity index (χ2n) is 9.45. The van der Waals surface area contributed by atoms with Crippen molar-refractivity contribution in [3.63, 3.8) is 0 Å². The molecule has 0 unspecified atom stereocenters. The number of piperidine rings is 1. The lowest BCUT2D eigenvalue weighted by Crippen LogP contribution is -2.41. The van der Waals surface area contributed by atoms with Crippen molar-refractivity contribution < 1.29 is 27.5 Å². The Balaban J connectivity index is 1.62. The minimum Gasteiger partial charge on any atom is -0.485 e. The lowest BCUT2D eigenvalue weighted by Gasteiger charge is -2.32. The van der Waals surface area contributed by atoms with E-state index >= 15 is 0 Å². The van der Waals surface area contributed by atoms with E-state index < -0.39 is 15.4 Å². The Morgan fingerprint density at radius 2 is 1.91 bits per heavy atom. The first-order chi connectivity index (χ1) is 16.4. The molecular formula is C24H33N3O6S2. The van der Waals surface area contributed by atoms with Gasteiger partial charge in [-0.3, -0.25) is 4.79 Å². The molecular weight excluding hydrogens is 490 g/mol. The summed E-state index contributed by atoms with van der Waals surface area (Å²) >= 11 is 1.56. The number of likely N-dealkylation sites (tertiary alicyclic amines) is 1. The molecule has 2 heterocycles. The predicted molar refractivity (Wildman–Crippen MR) is 135 cm³/mol. The summed E-state index contributed by atoms with van der Waals surface area (Å²) in [5, 5.41) is 5.57. The zero-order chi connectivity index (χ0) is 25.8. The number of hydrogen-bond donors (Lipinski definition) is 1. The summed E-state index contributed by atoms with van der Waals surface area (Å²) in [6, 6.07) is 4.44. The summed E-state index contributed by atoms with van der Waals surface area (Å²) in [4.78, 5) is 30.5. The van der Waals surface area contributed by atoms with E-state index in [2.05, 4.69) is 5.32 Å². The van der Waals surface area contributed by atoms with E-state index in [0.717, 1.165) is 23.5 Å². The SMILES string of the molecule is CCS(=O)(=O)c1ccc(OCc2csc(C3CCN(C(=O)OC(C)(C)C)CC3)n2)c(NC(C)=O)c1. The van der Waals surface area contributed by atoms with Gasteiger partial charge >= 0.3 is 6.09 Å². The van der Waals surface area contributed by atoms with Crippen LogP contribution in [0.5, 0.6) is 5.75 Å². The van der Waals surface area contributed by atoms with Gasteiger partial charge in [0.15, 0.2) is 9.84 Å². The molecule has 0 aliphatic carbocycles. The minimum absolute atomic E-state index is 0.0367. The van der Waals surface area contributed by atoms with Crippen molar-refractivity contribution in [2.45, 2.75) is 70.5 Å². The fourth-order valence-corrected chi connectivity index (χ4v) is 5.53. The van der Waals surface area contributed by atoms with Crippen LogP contribution in [0.4, 0.5) is 10.5 Å². The standard InChI is InChI=1S/C24H33N3O6S2/c1-6-35(30,31)19-7-8-21(20(13-19)25-16(2)28)32-14-18-15-34-22(26-18)17-9-11-27(12-10-17)23(29)33-24(3,4)5/h7-8,13,15,17H,6,9-12,14H2,1-5H3,(H,25,28). The van der Waals surface area contributed by atoms with E-state index in [1.165, 1.54) is 19.1 Å². The van der Waals surface area contributed by atoms with Gasteiger partial charge in [0.1, 0.15) is 18.0 Å². The molecule has 0 spiro atoms. The number of aromatic nitrogens is 1. The molecule has 2 amide bonds. The molecule has 0 atom stereocenters. The van der Waals surface area contributed by atoms with Crippen LogP contribution in [0.25, 0.3) is 0 Å². The van der Waals surface area contributed by atoms with Gasteiger partial charge in [-0.25, -0.2) is 18.2 Å². The molecule has 1 aliphatic rings.